The lowest BCUT2D eigenvalue weighted by Crippen LogP contribution is -1.94. The molecule has 0 saturated heterocycles. The molecule has 1 N–H and O–H groups in total. The number of rotatable bonds is 3. The van der Waals surface area contributed by atoms with E-state index in [0.717, 1.165) is 16.9 Å². The zero-order valence-corrected chi connectivity index (χ0v) is 12.5. The monoisotopic (exact) mass is 276 g/mol. The van der Waals surface area contributed by atoms with Gasteiger partial charge >= 0.3 is 0 Å². The SMILES string of the molecule is C=C1N=C(C)N=C(C)C/C1=C/C=C(\C)C/C(F)=C(\C)O. The van der Waals surface area contributed by atoms with E-state index in [1.807, 2.05) is 32.9 Å². The van der Waals surface area contributed by atoms with Crippen LogP contribution in [0.25, 0.3) is 0 Å². The summed E-state index contributed by atoms with van der Waals surface area (Å²) in [5.41, 5.74) is 3.43. The molecular formula is C16H21FN2O. The molecule has 0 aromatic rings. The minimum absolute atomic E-state index is 0.105. The molecule has 0 radical (unpaired) electrons. The Kier molecular flexibility index (Phi) is 5.62. The van der Waals surface area contributed by atoms with Crippen LogP contribution in [0, 0.1) is 0 Å². The highest BCUT2D eigenvalue weighted by Crippen LogP contribution is 2.20. The average molecular weight is 276 g/mol. The van der Waals surface area contributed by atoms with Crippen LogP contribution in [0.5, 0.6) is 0 Å². The predicted molar refractivity (Wildman–Crippen MR) is 82.9 cm³/mol. The van der Waals surface area contributed by atoms with E-state index < -0.39 is 5.83 Å². The number of hydrogen-bond donors (Lipinski definition) is 1. The largest absolute Gasteiger partial charge is 0.510 e. The Morgan fingerprint density at radius 2 is 2.00 bits per heavy atom. The number of nitrogens with zero attached hydrogens (tertiary/aromatic N) is 2. The molecule has 0 bridgehead atoms. The Morgan fingerprint density at radius 3 is 2.60 bits per heavy atom. The molecule has 0 unspecified atom stereocenters. The fraction of sp³-hybridized carbons (Fsp3) is 0.375. The predicted octanol–water partition coefficient (Wildman–Crippen LogP) is 4.80. The fourth-order valence-electron chi connectivity index (χ4n) is 1.82. The first-order valence-electron chi connectivity index (χ1n) is 6.49. The highest BCUT2D eigenvalue weighted by Gasteiger charge is 2.08. The standard InChI is InChI=1S/C16H21FN2O/c1-10(8-16(17)13(4)20)6-7-15-9-11(2)18-14(5)19-12(15)3/h6-7,20H,3,8-9H2,1-2,4-5H3/b10-6+,15-7-,16-13-. The first-order chi connectivity index (χ1) is 9.29. The second kappa shape index (κ2) is 6.98. The maximum Gasteiger partial charge on any atom is 0.141 e. The molecule has 0 amide bonds. The molecule has 3 nitrogen and oxygen atoms in total. The third kappa shape index (κ3) is 4.96. The summed E-state index contributed by atoms with van der Waals surface area (Å²) in [6, 6.07) is 0. The maximum atomic E-state index is 13.3. The van der Waals surface area contributed by atoms with Crippen molar-refractivity contribution in [1.29, 1.82) is 0 Å². The number of hydrogen-bond acceptors (Lipinski definition) is 3. The minimum Gasteiger partial charge on any atom is -0.510 e. The average Bonchev–Trinajstić information content (AvgIpc) is 2.44. The zero-order valence-electron chi connectivity index (χ0n) is 12.5. The lowest BCUT2D eigenvalue weighted by molar-refractivity contribution is 0.378. The van der Waals surface area contributed by atoms with Gasteiger partial charge in [-0.15, -0.1) is 0 Å². The number of amidine groups is 1. The van der Waals surface area contributed by atoms with E-state index in [4.69, 9.17) is 5.11 Å². The van der Waals surface area contributed by atoms with Gasteiger partial charge in [0.25, 0.3) is 0 Å². The van der Waals surface area contributed by atoms with Crippen LogP contribution in [0.2, 0.25) is 0 Å². The van der Waals surface area contributed by atoms with Crippen molar-refractivity contribution in [2.45, 2.75) is 40.5 Å². The van der Waals surface area contributed by atoms with E-state index in [-0.39, 0.29) is 12.2 Å². The van der Waals surface area contributed by atoms with Crippen LogP contribution >= 0.6 is 0 Å². The lowest BCUT2D eigenvalue weighted by Gasteiger charge is -2.03. The molecule has 4 heteroatoms. The van der Waals surface area contributed by atoms with Gasteiger partial charge in [-0.3, -0.25) is 0 Å². The molecule has 1 aliphatic rings. The number of aliphatic hydroxyl groups excluding tert-OH is 1. The van der Waals surface area contributed by atoms with Crippen molar-refractivity contribution in [3.05, 3.63) is 47.2 Å². The van der Waals surface area contributed by atoms with Crippen molar-refractivity contribution in [2.24, 2.45) is 9.98 Å². The molecule has 1 rings (SSSR count). The van der Waals surface area contributed by atoms with Crippen LogP contribution in [0.1, 0.15) is 40.5 Å². The van der Waals surface area contributed by atoms with E-state index in [2.05, 4.69) is 16.6 Å². The third-order valence-electron chi connectivity index (χ3n) is 2.86. The molecule has 0 aliphatic carbocycles. The van der Waals surface area contributed by atoms with Gasteiger partial charge in [0, 0.05) is 18.6 Å². The summed E-state index contributed by atoms with van der Waals surface area (Å²) in [7, 11) is 0. The second-order valence-corrected chi connectivity index (χ2v) is 5.00. The number of aliphatic imine (C=N–C) groups is 2. The van der Waals surface area contributed by atoms with Crippen LogP contribution in [0.15, 0.2) is 57.1 Å². The molecule has 0 aromatic heterocycles. The van der Waals surface area contributed by atoms with Gasteiger partial charge in [0.1, 0.15) is 17.4 Å². The van der Waals surface area contributed by atoms with Gasteiger partial charge in [0.2, 0.25) is 0 Å². The summed E-state index contributed by atoms with van der Waals surface area (Å²) in [6.45, 7) is 10.9. The van der Waals surface area contributed by atoms with Gasteiger partial charge in [-0.2, -0.15) is 0 Å². The van der Waals surface area contributed by atoms with Crippen molar-refractivity contribution in [3.8, 4) is 0 Å². The highest BCUT2D eigenvalue weighted by molar-refractivity contribution is 5.99. The molecule has 0 fully saturated rings. The second-order valence-electron chi connectivity index (χ2n) is 5.00. The molecule has 1 heterocycles. The van der Waals surface area contributed by atoms with Crippen LogP contribution in [-0.4, -0.2) is 16.7 Å². The third-order valence-corrected chi connectivity index (χ3v) is 2.86. The van der Waals surface area contributed by atoms with Crippen LogP contribution < -0.4 is 0 Å². The Hall–Kier alpha value is -1.97. The van der Waals surface area contributed by atoms with Gasteiger partial charge in [0.05, 0.1) is 5.70 Å². The lowest BCUT2D eigenvalue weighted by atomic mass is 10.1. The summed E-state index contributed by atoms with van der Waals surface area (Å²) in [6.07, 6.45) is 4.50. The number of allylic oxidation sites excluding steroid dienone is 6. The topological polar surface area (TPSA) is 45.0 Å². The Balaban J connectivity index is 2.92. The first-order valence-corrected chi connectivity index (χ1v) is 6.49. The smallest absolute Gasteiger partial charge is 0.141 e. The molecule has 0 atom stereocenters. The number of halogens is 1. The summed E-state index contributed by atoms with van der Waals surface area (Å²) in [5.74, 6) is -0.0857. The van der Waals surface area contributed by atoms with Gasteiger partial charge in [-0.1, -0.05) is 24.3 Å². The van der Waals surface area contributed by atoms with Crippen molar-refractivity contribution >= 4 is 11.5 Å². The van der Waals surface area contributed by atoms with Crippen molar-refractivity contribution < 1.29 is 9.50 Å². The Morgan fingerprint density at radius 1 is 1.35 bits per heavy atom. The molecule has 0 spiro atoms. The fourth-order valence-corrected chi connectivity index (χ4v) is 1.82. The van der Waals surface area contributed by atoms with Crippen LogP contribution in [-0.2, 0) is 0 Å². The van der Waals surface area contributed by atoms with Crippen molar-refractivity contribution in [3.63, 3.8) is 0 Å². The normalized spacial score (nSPS) is 20.4. The van der Waals surface area contributed by atoms with Gasteiger partial charge in [-0.25, -0.2) is 14.4 Å². The molecule has 0 aromatic carbocycles. The van der Waals surface area contributed by atoms with Crippen LogP contribution in [0.4, 0.5) is 4.39 Å². The van der Waals surface area contributed by atoms with E-state index in [1.54, 1.807) is 0 Å². The zero-order chi connectivity index (χ0) is 15.3. The van der Waals surface area contributed by atoms with E-state index >= 15 is 0 Å². The van der Waals surface area contributed by atoms with Gasteiger partial charge < -0.3 is 5.11 Å². The summed E-state index contributed by atoms with van der Waals surface area (Å²) < 4.78 is 13.3. The molecule has 1 aliphatic heterocycles. The van der Waals surface area contributed by atoms with E-state index in [1.165, 1.54) is 6.92 Å². The summed E-state index contributed by atoms with van der Waals surface area (Å²) >= 11 is 0. The molecule has 108 valence electrons. The molecular weight excluding hydrogens is 255 g/mol. The van der Waals surface area contributed by atoms with Crippen LogP contribution in [0.3, 0.4) is 0 Å². The highest BCUT2D eigenvalue weighted by atomic mass is 19.1. The molecule has 0 saturated carbocycles. The van der Waals surface area contributed by atoms with Crippen molar-refractivity contribution in [2.75, 3.05) is 0 Å². The first kappa shape index (κ1) is 16.1. The quantitative estimate of drug-likeness (QED) is 0.739. The van der Waals surface area contributed by atoms with E-state index in [9.17, 15) is 4.39 Å². The minimum atomic E-state index is -0.511. The van der Waals surface area contributed by atoms with Gasteiger partial charge in [0.15, 0.2) is 0 Å². The molecule has 20 heavy (non-hydrogen) atoms. The van der Waals surface area contributed by atoms with Crippen molar-refractivity contribution in [1.82, 2.24) is 0 Å². The maximum absolute atomic E-state index is 13.3. The summed E-state index contributed by atoms with van der Waals surface area (Å²) in [5, 5.41) is 9.04. The summed E-state index contributed by atoms with van der Waals surface area (Å²) in [4.78, 5) is 8.61. The Bertz CT molecular complexity index is 559. The van der Waals surface area contributed by atoms with Gasteiger partial charge in [-0.05, 0) is 33.3 Å². The number of aliphatic hydroxyl groups is 1. The van der Waals surface area contributed by atoms with E-state index in [0.29, 0.717) is 18.0 Å². The Labute approximate surface area is 119 Å².